The van der Waals surface area contributed by atoms with E-state index in [4.69, 9.17) is 0 Å². The number of nitrogens with zero attached hydrogens (tertiary/aromatic N) is 3. The van der Waals surface area contributed by atoms with E-state index in [1.165, 1.54) is 0 Å². The topological polar surface area (TPSA) is 53.5 Å². The normalized spacial score (nSPS) is 22.7. The van der Waals surface area contributed by atoms with Gasteiger partial charge in [0.1, 0.15) is 5.82 Å². The molecule has 1 aromatic heterocycles. The molecule has 19 heavy (non-hydrogen) atoms. The molecule has 2 saturated heterocycles. The maximum absolute atomic E-state index is 11.9. The van der Waals surface area contributed by atoms with Crippen molar-refractivity contribution in [3.8, 4) is 0 Å². The van der Waals surface area contributed by atoms with Gasteiger partial charge in [-0.05, 0) is 25.5 Å². The van der Waals surface area contributed by atoms with E-state index < -0.39 is 10.0 Å². The molecule has 0 atom stereocenters. The van der Waals surface area contributed by atoms with Gasteiger partial charge in [0.15, 0.2) is 0 Å². The summed E-state index contributed by atoms with van der Waals surface area (Å²) in [4.78, 5) is 6.56. The van der Waals surface area contributed by atoms with Gasteiger partial charge >= 0.3 is 0 Å². The fourth-order valence-corrected chi connectivity index (χ4v) is 4.24. The van der Waals surface area contributed by atoms with Gasteiger partial charge < -0.3 is 4.90 Å². The first-order chi connectivity index (χ1) is 9.05. The molecular weight excluding hydrogens is 262 g/mol. The van der Waals surface area contributed by atoms with Crippen molar-refractivity contribution in [2.75, 3.05) is 36.8 Å². The van der Waals surface area contributed by atoms with Crippen LogP contribution < -0.4 is 4.90 Å². The van der Waals surface area contributed by atoms with Crippen LogP contribution in [0.2, 0.25) is 0 Å². The number of rotatable bonds is 3. The number of aromatic nitrogens is 1. The molecule has 2 aliphatic heterocycles. The Labute approximate surface area is 114 Å². The van der Waals surface area contributed by atoms with Gasteiger partial charge in [0.25, 0.3) is 0 Å². The van der Waals surface area contributed by atoms with Crippen molar-refractivity contribution in [1.82, 2.24) is 9.29 Å². The van der Waals surface area contributed by atoms with Gasteiger partial charge in [-0.25, -0.2) is 17.7 Å². The van der Waals surface area contributed by atoms with Gasteiger partial charge in [-0.2, -0.15) is 0 Å². The second-order valence-corrected chi connectivity index (χ2v) is 7.79. The van der Waals surface area contributed by atoms with Crippen LogP contribution in [0, 0.1) is 5.41 Å². The Morgan fingerprint density at radius 3 is 2.74 bits per heavy atom. The monoisotopic (exact) mass is 281 g/mol. The van der Waals surface area contributed by atoms with Gasteiger partial charge in [0.2, 0.25) is 10.0 Å². The Morgan fingerprint density at radius 1 is 1.32 bits per heavy atom. The highest BCUT2D eigenvalue weighted by Crippen LogP contribution is 2.41. The predicted molar refractivity (Wildman–Crippen MR) is 74.5 cm³/mol. The molecular formula is C13H19N3O2S. The molecule has 3 rings (SSSR count). The first-order valence-corrected chi connectivity index (χ1v) is 8.29. The molecule has 1 spiro atoms. The lowest BCUT2D eigenvalue weighted by Crippen LogP contribution is -2.58. The lowest BCUT2D eigenvalue weighted by Gasteiger charge is -2.48. The molecule has 0 unspecified atom stereocenters. The van der Waals surface area contributed by atoms with Crippen LogP contribution in [0.1, 0.15) is 13.3 Å². The molecule has 5 nitrogen and oxygen atoms in total. The van der Waals surface area contributed by atoms with Crippen LogP contribution in [0.4, 0.5) is 5.82 Å². The summed E-state index contributed by atoms with van der Waals surface area (Å²) < 4.78 is 25.4. The van der Waals surface area contributed by atoms with E-state index in [1.54, 1.807) is 17.4 Å². The van der Waals surface area contributed by atoms with Gasteiger partial charge in [-0.1, -0.05) is 6.07 Å². The third-order valence-electron chi connectivity index (χ3n) is 4.19. The van der Waals surface area contributed by atoms with E-state index in [0.717, 1.165) is 25.3 Å². The van der Waals surface area contributed by atoms with Crippen molar-refractivity contribution in [1.29, 1.82) is 0 Å². The molecule has 0 aromatic carbocycles. The number of sulfonamides is 1. The van der Waals surface area contributed by atoms with Gasteiger partial charge in [0, 0.05) is 37.8 Å². The van der Waals surface area contributed by atoms with E-state index in [-0.39, 0.29) is 11.2 Å². The molecule has 0 bridgehead atoms. The van der Waals surface area contributed by atoms with Crippen LogP contribution in [0.3, 0.4) is 0 Å². The van der Waals surface area contributed by atoms with Crippen molar-refractivity contribution < 1.29 is 8.42 Å². The van der Waals surface area contributed by atoms with E-state index in [2.05, 4.69) is 9.88 Å². The molecule has 3 heterocycles. The molecule has 0 amide bonds. The average molecular weight is 281 g/mol. The van der Waals surface area contributed by atoms with E-state index in [1.807, 2.05) is 18.2 Å². The number of anilines is 1. The largest absolute Gasteiger partial charge is 0.355 e. The van der Waals surface area contributed by atoms with Crippen LogP contribution in [0.25, 0.3) is 0 Å². The number of pyridine rings is 1. The lowest BCUT2D eigenvalue weighted by molar-refractivity contribution is 0.229. The number of hydrogen-bond acceptors (Lipinski definition) is 4. The Kier molecular flexibility index (Phi) is 3.02. The zero-order chi connectivity index (χ0) is 13.5. The molecule has 1 aromatic rings. The second-order valence-electron chi connectivity index (χ2n) is 5.53. The van der Waals surface area contributed by atoms with Crippen molar-refractivity contribution in [2.24, 2.45) is 5.41 Å². The predicted octanol–water partition coefficient (Wildman–Crippen LogP) is 0.943. The summed E-state index contributed by atoms with van der Waals surface area (Å²) in [6.07, 6.45) is 2.76. The molecule has 104 valence electrons. The highest BCUT2D eigenvalue weighted by molar-refractivity contribution is 7.89. The highest BCUT2D eigenvalue weighted by Gasteiger charge is 2.50. The molecule has 0 aliphatic carbocycles. The fourth-order valence-electron chi connectivity index (χ4n) is 3.04. The molecule has 0 N–H and O–H groups in total. The van der Waals surface area contributed by atoms with Crippen LogP contribution in [0.5, 0.6) is 0 Å². The lowest BCUT2D eigenvalue weighted by atomic mass is 9.79. The maximum Gasteiger partial charge on any atom is 0.213 e. The van der Waals surface area contributed by atoms with Crippen molar-refractivity contribution in [3.63, 3.8) is 0 Å². The average Bonchev–Trinajstić information content (AvgIpc) is 2.84. The van der Waals surface area contributed by atoms with E-state index >= 15 is 0 Å². The Morgan fingerprint density at radius 2 is 2.11 bits per heavy atom. The summed E-state index contributed by atoms with van der Waals surface area (Å²) in [6, 6.07) is 5.89. The summed E-state index contributed by atoms with van der Waals surface area (Å²) >= 11 is 0. The minimum atomic E-state index is -3.03. The third kappa shape index (κ3) is 2.23. The zero-order valence-electron chi connectivity index (χ0n) is 11.1. The molecule has 2 fully saturated rings. The van der Waals surface area contributed by atoms with Crippen LogP contribution >= 0.6 is 0 Å². The first kappa shape index (κ1) is 12.9. The third-order valence-corrected chi connectivity index (χ3v) is 6.02. The summed E-state index contributed by atoms with van der Waals surface area (Å²) in [5.41, 5.74) is 0.153. The Bertz CT molecular complexity index is 553. The maximum atomic E-state index is 11.9. The molecule has 0 saturated carbocycles. The summed E-state index contributed by atoms with van der Waals surface area (Å²) in [6.45, 7) is 4.89. The zero-order valence-corrected chi connectivity index (χ0v) is 11.9. The van der Waals surface area contributed by atoms with Crippen LogP contribution in [0.15, 0.2) is 24.4 Å². The minimum absolute atomic E-state index is 0.153. The minimum Gasteiger partial charge on any atom is -0.355 e. The van der Waals surface area contributed by atoms with Gasteiger partial charge in [-0.15, -0.1) is 0 Å². The van der Waals surface area contributed by atoms with E-state index in [9.17, 15) is 8.42 Å². The highest BCUT2D eigenvalue weighted by atomic mass is 32.2. The fraction of sp³-hybridized carbons (Fsp3) is 0.615. The quantitative estimate of drug-likeness (QED) is 0.827. The van der Waals surface area contributed by atoms with Crippen molar-refractivity contribution >= 4 is 15.8 Å². The second kappa shape index (κ2) is 4.45. The SMILES string of the molecule is CCS(=O)(=O)N1CCC2(CN(c3ccccn3)C2)C1. The molecule has 6 heteroatoms. The molecule has 0 radical (unpaired) electrons. The summed E-state index contributed by atoms with van der Waals surface area (Å²) in [5, 5.41) is 0. The van der Waals surface area contributed by atoms with Gasteiger partial charge in [0.05, 0.1) is 5.75 Å². The molecule has 2 aliphatic rings. The summed E-state index contributed by atoms with van der Waals surface area (Å²) in [7, 11) is -3.03. The Balaban J connectivity index is 1.65. The Hall–Kier alpha value is -1.14. The van der Waals surface area contributed by atoms with Crippen LogP contribution in [-0.4, -0.2) is 49.6 Å². The summed E-state index contributed by atoms with van der Waals surface area (Å²) in [5.74, 6) is 1.19. The smallest absolute Gasteiger partial charge is 0.213 e. The standard InChI is InChI=1S/C13H19N3O2S/c1-2-19(17,18)16-8-6-13(11-16)9-15(10-13)12-5-3-4-7-14-12/h3-5,7H,2,6,8-11H2,1H3. The van der Waals surface area contributed by atoms with Crippen molar-refractivity contribution in [2.45, 2.75) is 13.3 Å². The van der Waals surface area contributed by atoms with E-state index in [0.29, 0.717) is 13.1 Å². The first-order valence-electron chi connectivity index (χ1n) is 6.68. The van der Waals surface area contributed by atoms with Gasteiger partial charge in [-0.3, -0.25) is 0 Å². The van der Waals surface area contributed by atoms with Crippen LogP contribution in [-0.2, 0) is 10.0 Å². The van der Waals surface area contributed by atoms with Crippen molar-refractivity contribution in [3.05, 3.63) is 24.4 Å². The number of hydrogen-bond donors (Lipinski definition) is 0.